The maximum absolute atomic E-state index is 5.40. The van der Waals surface area contributed by atoms with Gasteiger partial charge in [0.2, 0.25) is 0 Å². The zero-order valence-electron chi connectivity index (χ0n) is 13.3. The number of nitrogens with one attached hydrogen (secondary N) is 1. The minimum Gasteiger partial charge on any atom is -0.362 e. The summed E-state index contributed by atoms with van der Waals surface area (Å²) in [4.78, 5) is 15.2. The molecule has 0 aliphatic heterocycles. The molecule has 0 aliphatic rings. The minimum absolute atomic E-state index is 0.500. The van der Waals surface area contributed by atoms with Crippen molar-refractivity contribution >= 4 is 27.4 Å². The predicted molar refractivity (Wildman–Crippen MR) is 93.9 cm³/mol. The third kappa shape index (κ3) is 2.63. The largest absolute Gasteiger partial charge is 0.362 e. The first-order chi connectivity index (χ1) is 11.7. The molecule has 4 heterocycles. The first-order valence-corrected chi connectivity index (χ1v) is 8.35. The number of fused-ring (bicyclic) bond motifs is 1. The fourth-order valence-electron chi connectivity index (χ4n) is 2.52. The van der Waals surface area contributed by atoms with Crippen molar-refractivity contribution in [1.82, 2.24) is 20.1 Å². The van der Waals surface area contributed by atoms with Gasteiger partial charge in [0.15, 0.2) is 5.76 Å². The number of aryl methyl sites for hydroxylation is 2. The van der Waals surface area contributed by atoms with E-state index in [4.69, 9.17) is 4.52 Å². The van der Waals surface area contributed by atoms with Gasteiger partial charge < -0.3 is 9.84 Å². The van der Waals surface area contributed by atoms with E-state index in [-0.39, 0.29) is 0 Å². The molecule has 6 nitrogen and oxygen atoms in total. The second kappa shape index (κ2) is 6.01. The molecule has 0 unspecified atom stereocenters. The van der Waals surface area contributed by atoms with Crippen LogP contribution in [0.3, 0.4) is 0 Å². The average Bonchev–Trinajstić information content (AvgIpc) is 3.19. The van der Waals surface area contributed by atoms with Gasteiger partial charge in [-0.25, -0.2) is 9.97 Å². The van der Waals surface area contributed by atoms with Crippen molar-refractivity contribution < 1.29 is 4.52 Å². The van der Waals surface area contributed by atoms with Crippen LogP contribution in [0.4, 0.5) is 5.82 Å². The molecule has 120 valence electrons. The molecule has 0 fully saturated rings. The molecule has 1 N–H and O–H groups in total. The summed E-state index contributed by atoms with van der Waals surface area (Å²) in [5.74, 6) is 1.55. The molecule has 4 rings (SSSR count). The van der Waals surface area contributed by atoms with E-state index in [1.807, 2.05) is 24.3 Å². The summed E-state index contributed by atoms with van der Waals surface area (Å²) in [6.07, 6.45) is 3.32. The summed E-state index contributed by atoms with van der Waals surface area (Å²) < 4.78 is 5.40. The van der Waals surface area contributed by atoms with Gasteiger partial charge in [0.05, 0.1) is 17.6 Å². The summed E-state index contributed by atoms with van der Waals surface area (Å²) in [6, 6.07) is 7.59. The lowest BCUT2D eigenvalue weighted by atomic mass is 10.2. The van der Waals surface area contributed by atoms with Gasteiger partial charge in [0.25, 0.3) is 0 Å². The third-order valence-electron chi connectivity index (χ3n) is 3.88. The van der Waals surface area contributed by atoms with E-state index in [0.29, 0.717) is 6.54 Å². The van der Waals surface area contributed by atoms with Crippen LogP contribution >= 0.6 is 11.3 Å². The van der Waals surface area contributed by atoms with Crippen LogP contribution in [0.5, 0.6) is 0 Å². The molecule has 0 spiro atoms. The van der Waals surface area contributed by atoms with Crippen molar-refractivity contribution in [2.45, 2.75) is 20.4 Å². The quantitative estimate of drug-likeness (QED) is 0.607. The molecule has 0 saturated heterocycles. The highest BCUT2D eigenvalue weighted by Crippen LogP contribution is 2.32. The SMILES string of the molecule is Cc1sc2ncnc(NCc3cc(-c4ccccn4)no3)c2c1C. The van der Waals surface area contributed by atoms with E-state index in [1.165, 1.54) is 10.4 Å². The van der Waals surface area contributed by atoms with Crippen LogP contribution < -0.4 is 5.32 Å². The first-order valence-electron chi connectivity index (χ1n) is 7.54. The maximum atomic E-state index is 5.40. The fraction of sp³-hybridized carbons (Fsp3) is 0.176. The highest BCUT2D eigenvalue weighted by atomic mass is 32.1. The van der Waals surface area contributed by atoms with Crippen LogP contribution in [-0.4, -0.2) is 20.1 Å². The second-order valence-corrected chi connectivity index (χ2v) is 6.64. The summed E-state index contributed by atoms with van der Waals surface area (Å²) in [6.45, 7) is 4.69. The molecule has 0 atom stereocenters. The van der Waals surface area contributed by atoms with E-state index < -0.39 is 0 Å². The van der Waals surface area contributed by atoms with Gasteiger partial charge in [-0.15, -0.1) is 11.3 Å². The Balaban J connectivity index is 1.57. The van der Waals surface area contributed by atoms with Crippen molar-refractivity contribution in [2.75, 3.05) is 5.32 Å². The molecule has 0 amide bonds. The summed E-state index contributed by atoms with van der Waals surface area (Å²) in [7, 11) is 0. The standard InChI is InChI=1S/C17H15N5OS/c1-10-11(2)24-17-15(10)16(20-9-21-17)19-8-12-7-14(22-23-12)13-5-3-4-6-18-13/h3-7,9H,8H2,1-2H3,(H,19,20,21). The molecule has 4 aromatic heterocycles. The molecule has 0 saturated carbocycles. The van der Waals surface area contributed by atoms with Crippen molar-refractivity contribution in [3.8, 4) is 11.4 Å². The van der Waals surface area contributed by atoms with Crippen LogP contribution in [-0.2, 0) is 6.54 Å². The van der Waals surface area contributed by atoms with Crippen LogP contribution in [0.2, 0.25) is 0 Å². The summed E-state index contributed by atoms with van der Waals surface area (Å²) >= 11 is 1.68. The number of anilines is 1. The van der Waals surface area contributed by atoms with Crippen LogP contribution in [0, 0.1) is 13.8 Å². The number of thiophene rings is 1. The molecular weight excluding hydrogens is 322 g/mol. The van der Waals surface area contributed by atoms with E-state index in [1.54, 1.807) is 23.9 Å². The number of pyridine rings is 1. The van der Waals surface area contributed by atoms with E-state index >= 15 is 0 Å². The molecule has 0 radical (unpaired) electrons. The molecular formula is C17H15N5OS. The van der Waals surface area contributed by atoms with Crippen molar-refractivity contribution in [3.05, 3.63) is 53.0 Å². The van der Waals surface area contributed by atoms with Crippen LogP contribution in [0.15, 0.2) is 41.3 Å². The monoisotopic (exact) mass is 337 g/mol. The highest BCUT2D eigenvalue weighted by Gasteiger charge is 2.13. The van der Waals surface area contributed by atoms with Gasteiger partial charge in [0.1, 0.15) is 22.7 Å². The Kier molecular flexibility index (Phi) is 3.70. The van der Waals surface area contributed by atoms with E-state index in [2.05, 4.69) is 39.3 Å². The molecule has 4 aromatic rings. The lowest BCUT2D eigenvalue weighted by Crippen LogP contribution is -2.01. The molecule has 0 aliphatic carbocycles. The predicted octanol–water partition coefficient (Wildman–Crippen LogP) is 3.97. The number of hydrogen-bond donors (Lipinski definition) is 1. The second-order valence-electron chi connectivity index (χ2n) is 5.43. The lowest BCUT2D eigenvalue weighted by Gasteiger charge is -2.04. The van der Waals surface area contributed by atoms with Gasteiger partial charge in [0, 0.05) is 17.1 Å². The maximum Gasteiger partial charge on any atom is 0.156 e. The van der Waals surface area contributed by atoms with Gasteiger partial charge in [-0.1, -0.05) is 11.2 Å². The lowest BCUT2D eigenvalue weighted by molar-refractivity contribution is 0.390. The minimum atomic E-state index is 0.500. The smallest absolute Gasteiger partial charge is 0.156 e. The van der Waals surface area contributed by atoms with Crippen molar-refractivity contribution in [1.29, 1.82) is 0 Å². The summed E-state index contributed by atoms with van der Waals surface area (Å²) in [5.41, 5.74) is 2.73. The highest BCUT2D eigenvalue weighted by molar-refractivity contribution is 7.18. The third-order valence-corrected chi connectivity index (χ3v) is 5.00. The van der Waals surface area contributed by atoms with Crippen LogP contribution in [0.1, 0.15) is 16.2 Å². The topological polar surface area (TPSA) is 76.7 Å². The molecule has 24 heavy (non-hydrogen) atoms. The van der Waals surface area contributed by atoms with Gasteiger partial charge >= 0.3 is 0 Å². The van der Waals surface area contributed by atoms with Crippen LogP contribution in [0.25, 0.3) is 21.6 Å². The molecule has 0 aromatic carbocycles. The zero-order valence-corrected chi connectivity index (χ0v) is 14.1. The first kappa shape index (κ1) is 14.8. The van der Waals surface area contributed by atoms with Gasteiger partial charge in [-0.2, -0.15) is 0 Å². The average molecular weight is 337 g/mol. The van der Waals surface area contributed by atoms with E-state index in [9.17, 15) is 0 Å². The zero-order chi connectivity index (χ0) is 16.5. The number of aromatic nitrogens is 4. The Morgan fingerprint density at radius 2 is 2.04 bits per heavy atom. The van der Waals surface area contributed by atoms with E-state index in [0.717, 1.165) is 33.2 Å². The Morgan fingerprint density at radius 3 is 2.88 bits per heavy atom. The van der Waals surface area contributed by atoms with Gasteiger partial charge in [-0.05, 0) is 31.5 Å². The van der Waals surface area contributed by atoms with Gasteiger partial charge in [-0.3, -0.25) is 4.98 Å². The number of hydrogen-bond acceptors (Lipinski definition) is 7. The fourth-order valence-corrected chi connectivity index (χ4v) is 3.52. The Hall–Kier alpha value is -2.80. The Labute approximate surface area is 142 Å². The summed E-state index contributed by atoms with van der Waals surface area (Å²) in [5, 5.41) is 8.47. The van der Waals surface area contributed by atoms with Crippen molar-refractivity contribution in [2.24, 2.45) is 0 Å². The number of nitrogens with zero attached hydrogens (tertiary/aromatic N) is 4. The van der Waals surface area contributed by atoms with Crippen molar-refractivity contribution in [3.63, 3.8) is 0 Å². The Morgan fingerprint density at radius 1 is 1.12 bits per heavy atom. The molecule has 0 bridgehead atoms. The molecule has 7 heteroatoms. The normalized spacial score (nSPS) is 11.1. The Bertz CT molecular complexity index is 993. The number of rotatable bonds is 4.